The third-order valence-electron chi connectivity index (χ3n) is 3.39. The SMILES string of the molecule is CC(C)[C@H](C(=O)O)N1C(=O)/C(=C\c2ccc([N+](=O)[O-])cc2)SC1=S. The molecule has 1 amide bonds. The van der Waals surface area contributed by atoms with Crippen LogP contribution in [0.4, 0.5) is 5.69 Å². The van der Waals surface area contributed by atoms with E-state index in [0.717, 1.165) is 16.7 Å². The molecule has 1 heterocycles. The van der Waals surface area contributed by atoms with Gasteiger partial charge in [0.05, 0.1) is 9.83 Å². The van der Waals surface area contributed by atoms with Crippen LogP contribution in [0, 0.1) is 16.0 Å². The van der Waals surface area contributed by atoms with Crippen molar-refractivity contribution in [2.45, 2.75) is 19.9 Å². The maximum absolute atomic E-state index is 12.5. The van der Waals surface area contributed by atoms with E-state index in [9.17, 15) is 24.8 Å². The standard InChI is InChI=1S/C15H14N2O5S2/c1-8(2)12(14(19)20)16-13(18)11(24-15(16)23)7-9-3-5-10(6-4-9)17(21)22/h3-8,12H,1-2H3,(H,19,20)/b11-7+/t12-/m1/s1. The highest BCUT2D eigenvalue weighted by atomic mass is 32.2. The van der Waals surface area contributed by atoms with Gasteiger partial charge in [-0.1, -0.05) is 37.8 Å². The Morgan fingerprint density at radius 2 is 1.96 bits per heavy atom. The fourth-order valence-electron chi connectivity index (χ4n) is 2.26. The summed E-state index contributed by atoms with van der Waals surface area (Å²) in [6, 6.07) is 4.67. The van der Waals surface area contributed by atoms with Crippen LogP contribution in [-0.2, 0) is 9.59 Å². The summed E-state index contributed by atoms with van der Waals surface area (Å²) >= 11 is 6.18. The first-order valence-electron chi connectivity index (χ1n) is 6.96. The van der Waals surface area contributed by atoms with Gasteiger partial charge in [-0.2, -0.15) is 0 Å². The molecule has 0 saturated carbocycles. The van der Waals surface area contributed by atoms with E-state index in [1.165, 1.54) is 24.3 Å². The largest absolute Gasteiger partial charge is 0.480 e. The van der Waals surface area contributed by atoms with E-state index in [0.29, 0.717) is 10.5 Å². The number of hydrogen-bond acceptors (Lipinski definition) is 6. The number of carboxylic acids is 1. The number of thioether (sulfide) groups is 1. The Bertz CT molecular complexity index is 743. The topological polar surface area (TPSA) is 101 Å². The molecule has 1 fully saturated rings. The Morgan fingerprint density at radius 3 is 2.42 bits per heavy atom. The van der Waals surface area contributed by atoms with Crippen molar-refractivity contribution in [3.63, 3.8) is 0 Å². The molecule has 0 aromatic heterocycles. The summed E-state index contributed by atoms with van der Waals surface area (Å²) in [6.45, 7) is 3.41. The summed E-state index contributed by atoms with van der Waals surface area (Å²) in [5.74, 6) is -1.88. The summed E-state index contributed by atoms with van der Waals surface area (Å²) in [5, 5.41) is 20.0. The number of thiocarbonyl (C=S) groups is 1. The number of carbonyl (C=O) groups is 2. The molecule has 0 aliphatic carbocycles. The highest BCUT2D eigenvalue weighted by Gasteiger charge is 2.41. The van der Waals surface area contributed by atoms with Crippen molar-refractivity contribution in [2.75, 3.05) is 0 Å². The molecule has 1 aromatic rings. The van der Waals surface area contributed by atoms with Crippen molar-refractivity contribution in [3.05, 3.63) is 44.8 Å². The molecule has 9 heteroatoms. The van der Waals surface area contributed by atoms with Gasteiger partial charge >= 0.3 is 5.97 Å². The van der Waals surface area contributed by atoms with E-state index >= 15 is 0 Å². The zero-order valence-electron chi connectivity index (χ0n) is 12.8. The second kappa shape index (κ2) is 7.10. The zero-order chi connectivity index (χ0) is 18.0. The molecule has 126 valence electrons. The Balaban J connectivity index is 2.30. The maximum Gasteiger partial charge on any atom is 0.327 e. The van der Waals surface area contributed by atoms with Gasteiger partial charge in [0.2, 0.25) is 0 Å². The number of aliphatic carboxylic acids is 1. The first kappa shape index (κ1) is 18.1. The highest BCUT2D eigenvalue weighted by Crippen LogP contribution is 2.35. The molecule has 1 atom stereocenters. The second-order valence-electron chi connectivity index (χ2n) is 5.43. The van der Waals surface area contributed by atoms with Crippen molar-refractivity contribution in [2.24, 2.45) is 5.92 Å². The number of carboxylic acid groups (broad SMARTS) is 1. The van der Waals surface area contributed by atoms with E-state index in [1.807, 2.05) is 0 Å². The number of nitrogens with zero attached hydrogens (tertiary/aromatic N) is 2. The summed E-state index contributed by atoms with van der Waals surface area (Å²) in [5.41, 5.74) is 0.544. The van der Waals surface area contributed by atoms with Gasteiger partial charge in [0.1, 0.15) is 10.4 Å². The Kier molecular flexibility index (Phi) is 5.35. The van der Waals surface area contributed by atoms with Crippen LogP contribution in [0.3, 0.4) is 0 Å². The minimum Gasteiger partial charge on any atom is -0.480 e. The average molecular weight is 366 g/mol. The van der Waals surface area contributed by atoms with Crippen LogP contribution in [0.5, 0.6) is 0 Å². The number of nitro benzene ring substituents is 1. The van der Waals surface area contributed by atoms with Crippen LogP contribution in [0.1, 0.15) is 19.4 Å². The van der Waals surface area contributed by atoms with Gasteiger partial charge in [0, 0.05) is 12.1 Å². The highest BCUT2D eigenvalue weighted by molar-refractivity contribution is 8.26. The normalized spacial score (nSPS) is 17.6. The lowest BCUT2D eigenvalue weighted by atomic mass is 10.0. The summed E-state index contributed by atoms with van der Waals surface area (Å²) in [4.78, 5) is 35.5. The molecule has 2 rings (SSSR count). The fraction of sp³-hybridized carbons (Fsp3) is 0.267. The molecule has 0 bridgehead atoms. The molecular weight excluding hydrogens is 352 g/mol. The van der Waals surface area contributed by atoms with Crippen LogP contribution in [0.25, 0.3) is 6.08 Å². The minimum absolute atomic E-state index is 0.0505. The van der Waals surface area contributed by atoms with Crippen LogP contribution >= 0.6 is 24.0 Å². The lowest BCUT2D eigenvalue weighted by molar-refractivity contribution is -0.384. The van der Waals surface area contributed by atoms with Crippen LogP contribution < -0.4 is 0 Å². The van der Waals surface area contributed by atoms with E-state index in [1.54, 1.807) is 19.9 Å². The predicted molar refractivity (Wildman–Crippen MR) is 94.4 cm³/mol. The van der Waals surface area contributed by atoms with Crippen molar-refractivity contribution >= 4 is 51.9 Å². The number of amides is 1. The number of hydrogen-bond donors (Lipinski definition) is 1. The molecule has 7 nitrogen and oxygen atoms in total. The van der Waals surface area contributed by atoms with E-state index in [-0.39, 0.29) is 15.9 Å². The van der Waals surface area contributed by atoms with Crippen molar-refractivity contribution < 1.29 is 19.6 Å². The lowest BCUT2D eigenvalue weighted by Gasteiger charge is -2.26. The Hall–Kier alpha value is -2.26. The van der Waals surface area contributed by atoms with Gasteiger partial charge in [-0.05, 0) is 29.7 Å². The molecule has 1 aromatic carbocycles. The third-order valence-corrected chi connectivity index (χ3v) is 4.72. The number of benzene rings is 1. The predicted octanol–water partition coefficient (Wildman–Crippen LogP) is 2.91. The number of nitro groups is 1. The molecule has 24 heavy (non-hydrogen) atoms. The van der Waals surface area contributed by atoms with Crippen LogP contribution in [-0.4, -0.2) is 37.2 Å². The second-order valence-corrected chi connectivity index (χ2v) is 7.10. The first-order chi connectivity index (χ1) is 11.2. The van der Waals surface area contributed by atoms with Gasteiger partial charge in [-0.15, -0.1) is 0 Å². The van der Waals surface area contributed by atoms with E-state index in [2.05, 4.69) is 0 Å². The van der Waals surface area contributed by atoms with Crippen molar-refractivity contribution in [1.29, 1.82) is 0 Å². The van der Waals surface area contributed by atoms with Gasteiger partial charge < -0.3 is 5.11 Å². The van der Waals surface area contributed by atoms with E-state index < -0.39 is 22.8 Å². The Morgan fingerprint density at radius 1 is 1.38 bits per heavy atom. The maximum atomic E-state index is 12.5. The summed E-state index contributed by atoms with van der Waals surface area (Å²) < 4.78 is 0.189. The van der Waals surface area contributed by atoms with Crippen molar-refractivity contribution in [3.8, 4) is 0 Å². The quantitative estimate of drug-likeness (QED) is 0.370. The smallest absolute Gasteiger partial charge is 0.327 e. The lowest BCUT2D eigenvalue weighted by Crippen LogP contribution is -2.47. The first-order valence-corrected chi connectivity index (χ1v) is 8.19. The molecular formula is C15H14N2O5S2. The molecule has 0 spiro atoms. The number of carbonyl (C=O) groups excluding carboxylic acids is 1. The minimum atomic E-state index is -1.11. The third kappa shape index (κ3) is 3.62. The summed E-state index contributed by atoms with van der Waals surface area (Å²) in [6.07, 6.45) is 1.54. The molecule has 1 N–H and O–H groups in total. The van der Waals surface area contributed by atoms with Gasteiger partial charge in [-0.3, -0.25) is 19.8 Å². The van der Waals surface area contributed by atoms with E-state index in [4.69, 9.17) is 12.2 Å². The monoisotopic (exact) mass is 366 g/mol. The molecule has 1 aliphatic rings. The number of rotatable bonds is 5. The molecule has 1 aliphatic heterocycles. The molecule has 0 unspecified atom stereocenters. The zero-order valence-corrected chi connectivity index (χ0v) is 14.5. The van der Waals surface area contributed by atoms with Crippen molar-refractivity contribution in [1.82, 2.24) is 4.90 Å². The Labute approximate surface area is 147 Å². The molecule has 1 saturated heterocycles. The average Bonchev–Trinajstić information content (AvgIpc) is 2.75. The fourth-order valence-corrected chi connectivity index (χ4v) is 3.59. The van der Waals surface area contributed by atoms with Gasteiger partial charge in [0.15, 0.2) is 0 Å². The van der Waals surface area contributed by atoms with Gasteiger partial charge in [0.25, 0.3) is 11.6 Å². The number of non-ortho nitro benzene ring substituents is 1. The van der Waals surface area contributed by atoms with Crippen LogP contribution in [0.2, 0.25) is 0 Å². The van der Waals surface area contributed by atoms with Gasteiger partial charge in [-0.25, -0.2) is 4.79 Å². The summed E-state index contributed by atoms with van der Waals surface area (Å²) in [7, 11) is 0. The van der Waals surface area contributed by atoms with Crippen LogP contribution in [0.15, 0.2) is 29.2 Å². The molecule has 0 radical (unpaired) electrons.